The first-order chi connectivity index (χ1) is 12.0. The van der Waals surface area contributed by atoms with Crippen LogP contribution in [0, 0.1) is 6.92 Å². The van der Waals surface area contributed by atoms with Crippen LogP contribution in [0.3, 0.4) is 0 Å². The van der Waals surface area contributed by atoms with Crippen LogP contribution < -0.4 is 16.6 Å². The second kappa shape index (κ2) is 7.27. The Morgan fingerprint density at radius 2 is 2.00 bits per heavy atom. The average molecular weight is 356 g/mol. The minimum absolute atomic E-state index is 0.124. The van der Waals surface area contributed by atoms with Crippen LogP contribution in [-0.2, 0) is 11.3 Å². The lowest BCUT2D eigenvalue weighted by molar-refractivity contribution is -0.116. The number of benzene rings is 1. The molecule has 25 heavy (non-hydrogen) atoms. The topological polar surface area (TPSA) is 96.8 Å². The van der Waals surface area contributed by atoms with Gasteiger partial charge in [0.25, 0.3) is 5.56 Å². The number of hydrogen-bond donors (Lipinski definition) is 2. The van der Waals surface area contributed by atoms with Gasteiger partial charge in [-0.3, -0.25) is 14.6 Å². The Balaban J connectivity index is 1.59. The third kappa shape index (κ3) is 4.30. The average Bonchev–Trinajstić information content (AvgIpc) is 3.01. The maximum atomic E-state index is 12.0. The zero-order chi connectivity index (χ0) is 17.8. The Labute approximate surface area is 147 Å². The number of aryl methyl sites for hydroxylation is 2. The molecule has 2 aromatic heterocycles. The van der Waals surface area contributed by atoms with E-state index in [1.807, 2.05) is 36.6 Å². The van der Waals surface area contributed by atoms with E-state index >= 15 is 0 Å². The van der Waals surface area contributed by atoms with Crippen molar-refractivity contribution in [1.29, 1.82) is 0 Å². The van der Waals surface area contributed by atoms with Crippen molar-refractivity contribution in [3.63, 3.8) is 0 Å². The number of H-pyrrole nitrogens is 1. The molecule has 8 heteroatoms. The molecule has 1 aromatic carbocycles. The minimum atomic E-state index is -0.525. The smallest absolute Gasteiger partial charge is 0.326 e. The summed E-state index contributed by atoms with van der Waals surface area (Å²) < 4.78 is 1.29. The van der Waals surface area contributed by atoms with Gasteiger partial charge in [0.15, 0.2) is 0 Å². The third-order valence-electron chi connectivity index (χ3n) is 3.56. The van der Waals surface area contributed by atoms with Gasteiger partial charge in [-0.2, -0.15) is 0 Å². The normalized spacial score (nSPS) is 10.6. The number of nitrogens with one attached hydrogen (secondary N) is 2. The van der Waals surface area contributed by atoms with Crippen LogP contribution in [0.1, 0.15) is 11.4 Å². The van der Waals surface area contributed by atoms with E-state index in [1.165, 1.54) is 16.8 Å². The summed E-state index contributed by atoms with van der Waals surface area (Å²) in [5.41, 5.74) is 1.60. The van der Waals surface area contributed by atoms with E-state index in [9.17, 15) is 14.4 Å². The molecule has 0 unspecified atom stereocenters. The van der Waals surface area contributed by atoms with E-state index in [1.54, 1.807) is 11.3 Å². The van der Waals surface area contributed by atoms with E-state index < -0.39 is 11.2 Å². The number of carbonyl (C=O) groups excluding carboxylic acids is 1. The third-order valence-corrected chi connectivity index (χ3v) is 4.33. The molecule has 3 aromatic rings. The Morgan fingerprint density at radius 1 is 1.24 bits per heavy atom. The van der Waals surface area contributed by atoms with Crippen molar-refractivity contribution < 1.29 is 4.79 Å². The fourth-order valence-electron chi connectivity index (χ4n) is 2.29. The molecule has 0 spiro atoms. The molecular weight excluding hydrogens is 340 g/mol. The SMILES string of the molecule is Cc1nc(-c2ccc(NC(=O)CCn3ccc(=O)[nH]c3=O)cc2)cs1. The van der Waals surface area contributed by atoms with E-state index in [2.05, 4.69) is 15.3 Å². The lowest BCUT2D eigenvalue weighted by atomic mass is 10.1. The highest BCUT2D eigenvalue weighted by Crippen LogP contribution is 2.23. The van der Waals surface area contributed by atoms with E-state index in [-0.39, 0.29) is 18.9 Å². The molecule has 1 amide bonds. The van der Waals surface area contributed by atoms with Gasteiger partial charge in [-0.1, -0.05) is 12.1 Å². The summed E-state index contributed by atoms with van der Waals surface area (Å²) >= 11 is 1.59. The molecule has 0 saturated carbocycles. The van der Waals surface area contributed by atoms with Gasteiger partial charge >= 0.3 is 5.69 Å². The maximum Gasteiger partial charge on any atom is 0.328 e. The van der Waals surface area contributed by atoms with Crippen LogP contribution in [-0.4, -0.2) is 20.4 Å². The van der Waals surface area contributed by atoms with Crippen LogP contribution in [0.5, 0.6) is 0 Å². The number of aromatic nitrogens is 3. The van der Waals surface area contributed by atoms with Crippen LogP contribution in [0.25, 0.3) is 11.3 Å². The molecule has 2 N–H and O–H groups in total. The molecule has 3 rings (SSSR count). The summed E-state index contributed by atoms with van der Waals surface area (Å²) in [6.45, 7) is 2.15. The van der Waals surface area contributed by atoms with Crippen molar-refractivity contribution in [3.05, 3.63) is 67.8 Å². The second-order valence-corrected chi connectivity index (χ2v) is 6.49. The molecule has 0 radical (unpaired) electrons. The lowest BCUT2D eigenvalue weighted by Gasteiger charge is -2.07. The standard InChI is InChI=1S/C17H16N4O3S/c1-11-18-14(10-25-11)12-2-4-13(5-3-12)19-15(22)6-8-21-9-7-16(23)20-17(21)24/h2-5,7,9-10H,6,8H2,1H3,(H,19,22)(H,20,23,24). The van der Waals surface area contributed by atoms with Gasteiger partial charge in [0.05, 0.1) is 10.7 Å². The van der Waals surface area contributed by atoms with Gasteiger partial charge in [-0.25, -0.2) is 9.78 Å². The van der Waals surface area contributed by atoms with Gasteiger partial charge in [-0.05, 0) is 19.1 Å². The molecular formula is C17H16N4O3S. The number of anilines is 1. The molecule has 0 saturated heterocycles. The summed E-state index contributed by atoms with van der Waals surface area (Å²) in [6, 6.07) is 8.67. The predicted molar refractivity (Wildman–Crippen MR) is 96.9 cm³/mol. The number of amides is 1. The highest BCUT2D eigenvalue weighted by molar-refractivity contribution is 7.09. The van der Waals surface area contributed by atoms with Gasteiger partial charge in [-0.15, -0.1) is 11.3 Å². The second-order valence-electron chi connectivity index (χ2n) is 5.43. The number of carbonyl (C=O) groups is 1. The first-order valence-electron chi connectivity index (χ1n) is 7.63. The molecule has 0 aliphatic rings. The molecule has 0 bridgehead atoms. The zero-order valence-corrected chi connectivity index (χ0v) is 14.3. The van der Waals surface area contributed by atoms with E-state index in [0.717, 1.165) is 16.3 Å². The fourth-order valence-corrected chi connectivity index (χ4v) is 2.91. The number of nitrogens with zero attached hydrogens (tertiary/aromatic N) is 2. The Kier molecular flexibility index (Phi) is 4.90. The quantitative estimate of drug-likeness (QED) is 0.731. The maximum absolute atomic E-state index is 12.0. The fraction of sp³-hybridized carbons (Fsp3) is 0.176. The first kappa shape index (κ1) is 16.8. The highest BCUT2D eigenvalue weighted by atomic mass is 32.1. The van der Waals surface area contributed by atoms with Crippen LogP contribution in [0.2, 0.25) is 0 Å². The molecule has 0 fully saturated rings. The highest BCUT2D eigenvalue weighted by Gasteiger charge is 2.06. The molecule has 0 atom stereocenters. The molecule has 2 heterocycles. The lowest BCUT2D eigenvalue weighted by Crippen LogP contribution is -2.29. The van der Waals surface area contributed by atoms with E-state index in [4.69, 9.17) is 0 Å². The summed E-state index contributed by atoms with van der Waals surface area (Å²) in [5.74, 6) is -0.213. The Hall–Kier alpha value is -3.00. The van der Waals surface area contributed by atoms with Gasteiger partial charge in [0, 0.05) is 41.9 Å². The summed E-state index contributed by atoms with van der Waals surface area (Å²) in [6.07, 6.45) is 1.50. The van der Waals surface area contributed by atoms with Crippen molar-refractivity contribution in [2.24, 2.45) is 0 Å². The largest absolute Gasteiger partial charge is 0.328 e. The number of hydrogen-bond acceptors (Lipinski definition) is 5. The van der Waals surface area contributed by atoms with Crippen molar-refractivity contribution in [1.82, 2.24) is 14.5 Å². The monoisotopic (exact) mass is 356 g/mol. The summed E-state index contributed by atoms with van der Waals surface area (Å²) in [5, 5.41) is 5.78. The molecule has 0 aliphatic carbocycles. The van der Waals surface area contributed by atoms with Crippen LogP contribution in [0.4, 0.5) is 5.69 Å². The first-order valence-corrected chi connectivity index (χ1v) is 8.51. The van der Waals surface area contributed by atoms with Crippen molar-refractivity contribution in [3.8, 4) is 11.3 Å². The van der Waals surface area contributed by atoms with Crippen molar-refractivity contribution >= 4 is 22.9 Å². The van der Waals surface area contributed by atoms with E-state index in [0.29, 0.717) is 5.69 Å². The van der Waals surface area contributed by atoms with Gasteiger partial charge in [0.1, 0.15) is 0 Å². The molecule has 0 aliphatic heterocycles. The Bertz CT molecular complexity index is 1000. The Morgan fingerprint density at radius 3 is 2.64 bits per heavy atom. The number of aromatic amines is 1. The van der Waals surface area contributed by atoms with Crippen LogP contribution >= 0.6 is 11.3 Å². The van der Waals surface area contributed by atoms with Crippen molar-refractivity contribution in [2.75, 3.05) is 5.32 Å². The summed E-state index contributed by atoms with van der Waals surface area (Å²) in [4.78, 5) is 41.1. The molecule has 128 valence electrons. The number of rotatable bonds is 5. The minimum Gasteiger partial charge on any atom is -0.326 e. The number of thiazole rings is 1. The predicted octanol–water partition coefficient (Wildman–Crippen LogP) is 2.00. The molecule has 7 nitrogen and oxygen atoms in total. The van der Waals surface area contributed by atoms with Gasteiger partial charge < -0.3 is 9.88 Å². The van der Waals surface area contributed by atoms with Gasteiger partial charge in [0.2, 0.25) is 5.91 Å². The summed E-state index contributed by atoms with van der Waals surface area (Å²) in [7, 11) is 0. The zero-order valence-electron chi connectivity index (χ0n) is 13.5. The van der Waals surface area contributed by atoms with Crippen LogP contribution in [0.15, 0.2) is 51.5 Å². The van der Waals surface area contributed by atoms with Crippen molar-refractivity contribution in [2.45, 2.75) is 19.9 Å².